The topological polar surface area (TPSA) is 24.7 Å². The van der Waals surface area contributed by atoms with Crippen LogP contribution in [0.3, 0.4) is 0 Å². The Kier molecular flexibility index (Phi) is 8.48. The van der Waals surface area contributed by atoms with Gasteiger partial charge in [-0.25, -0.2) is 0 Å². The van der Waals surface area contributed by atoms with E-state index in [4.69, 9.17) is 10.2 Å². The minimum Gasteiger partial charge on any atom is -0.190 e. The molecule has 1 aliphatic rings. The summed E-state index contributed by atoms with van der Waals surface area (Å²) in [5, 5.41) is 9.44. The molecule has 1 heterocycles. The number of hydrogen-bond donors (Lipinski definition) is 0. The van der Waals surface area contributed by atoms with Gasteiger partial charge in [-0.2, -0.15) is 10.2 Å². The summed E-state index contributed by atoms with van der Waals surface area (Å²) >= 11 is 0. The minimum absolute atomic E-state index is 0.353. The normalized spacial score (nSPS) is 30.8. The summed E-state index contributed by atoms with van der Waals surface area (Å²) in [7, 11) is 0. The van der Waals surface area contributed by atoms with Gasteiger partial charge in [0.2, 0.25) is 0 Å². The average molecular weight is 276 g/mol. The monoisotopic (exact) mass is 276 g/mol. The van der Waals surface area contributed by atoms with E-state index < -0.39 is 0 Å². The van der Waals surface area contributed by atoms with Gasteiger partial charge in [0, 0.05) is 0 Å². The number of hydrogen-bond acceptors (Lipinski definition) is 2. The van der Waals surface area contributed by atoms with E-state index in [1.165, 1.54) is 12.8 Å². The maximum absolute atomic E-state index is 4.72. The van der Waals surface area contributed by atoms with E-state index in [1.54, 1.807) is 0 Å². The van der Waals surface area contributed by atoms with Crippen molar-refractivity contribution < 1.29 is 0 Å². The van der Waals surface area contributed by atoms with E-state index in [1.807, 2.05) is 0 Å². The molecule has 0 fully saturated rings. The van der Waals surface area contributed by atoms with E-state index in [2.05, 4.69) is 52.0 Å². The molecule has 1 aliphatic heterocycles. The molecule has 2 heteroatoms. The Morgan fingerprint density at radius 1 is 0.800 bits per heavy atom. The van der Waals surface area contributed by atoms with Gasteiger partial charge in [-0.3, -0.25) is 0 Å². The van der Waals surface area contributed by atoms with Gasteiger partial charge in [-0.1, -0.05) is 64.8 Å². The highest BCUT2D eigenvalue weighted by Gasteiger charge is 2.17. The molecule has 0 N–H and O–H groups in total. The van der Waals surface area contributed by atoms with Crippen molar-refractivity contribution in [1.29, 1.82) is 0 Å². The third-order valence-electron chi connectivity index (χ3n) is 4.55. The Balaban J connectivity index is 2.83. The standard InChI is InChI=1S/C18H32N2/c1-5-15(3)17-13-11-9-7-8-10-12-14-18(20-19-17)16(4)6-2/h9-12,15-18H,5-8,13-14H2,1-4H3/b11-9-,12-10-,20-19?. The fourth-order valence-corrected chi connectivity index (χ4v) is 2.40. The SMILES string of the molecule is CCC(C)C1C/C=C\CC/C=C\CC(C(C)CC)N=N1. The average Bonchev–Trinajstić information content (AvgIpc) is 2.46. The number of allylic oxidation sites excluding steroid dienone is 2. The molecule has 0 radical (unpaired) electrons. The van der Waals surface area contributed by atoms with Crippen molar-refractivity contribution in [2.45, 2.75) is 78.3 Å². The number of azo groups is 1. The minimum atomic E-state index is 0.353. The summed E-state index contributed by atoms with van der Waals surface area (Å²) in [4.78, 5) is 0. The molecule has 114 valence electrons. The van der Waals surface area contributed by atoms with Crippen LogP contribution in [0.4, 0.5) is 0 Å². The first-order chi connectivity index (χ1) is 9.69. The molecular weight excluding hydrogens is 244 g/mol. The first kappa shape index (κ1) is 17.1. The van der Waals surface area contributed by atoms with Gasteiger partial charge in [0.15, 0.2) is 0 Å². The van der Waals surface area contributed by atoms with E-state index >= 15 is 0 Å². The van der Waals surface area contributed by atoms with Crippen LogP contribution < -0.4 is 0 Å². The molecule has 20 heavy (non-hydrogen) atoms. The van der Waals surface area contributed by atoms with Crippen molar-refractivity contribution in [1.82, 2.24) is 0 Å². The molecule has 1 rings (SSSR count). The Morgan fingerprint density at radius 3 is 1.55 bits per heavy atom. The van der Waals surface area contributed by atoms with Crippen molar-refractivity contribution in [3.63, 3.8) is 0 Å². The molecule has 4 atom stereocenters. The van der Waals surface area contributed by atoms with Crippen molar-refractivity contribution in [3.05, 3.63) is 24.3 Å². The van der Waals surface area contributed by atoms with Crippen LogP contribution >= 0.6 is 0 Å². The largest absolute Gasteiger partial charge is 0.190 e. The van der Waals surface area contributed by atoms with Gasteiger partial charge in [-0.15, -0.1) is 0 Å². The zero-order chi connectivity index (χ0) is 14.8. The number of rotatable bonds is 4. The van der Waals surface area contributed by atoms with Crippen LogP contribution in [0.5, 0.6) is 0 Å². The number of nitrogens with zero attached hydrogens (tertiary/aromatic N) is 2. The molecule has 0 saturated carbocycles. The maximum atomic E-state index is 4.72. The van der Waals surface area contributed by atoms with Crippen LogP contribution in [0.1, 0.15) is 66.2 Å². The third kappa shape index (κ3) is 6.02. The van der Waals surface area contributed by atoms with Gasteiger partial charge < -0.3 is 0 Å². The third-order valence-corrected chi connectivity index (χ3v) is 4.55. The van der Waals surface area contributed by atoms with Crippen molar-refractivity contribution in [3.8, 4) is 0 Å². The van der Waals surface area contributed by atoms with Crippen LogP contribution in [0.25, 0.3) is 0 Å². The highest BCUT2D eigenvalue weighted by Crippen LogP contribution is 2.21. The second-order valence-corrected chi connectivity index (χ2v) is 6.13. The Morgan fingerprint density at radius 2 is 1.20 bits per heavy atom. The van der Waals surface area contributed by atoms with Crippen LogP contribution in [0, 0.1) is 11.8 Å². The van der Waals surface area contributed by atoms with Gasteiger partial charge in [-0.05, 0) is 37.5 Å². The van der Waals surface area contributed by atoms with Gasteiger partial charge in [0.05, 0.1) is 12.1 Å². The zero-order valence-electron chi connectivity index (χ0n) is 13.8. The molecule has 4 unspecified atom stereocenters. The van der Waals surface area contributed by atoms with Crippen LogP contribution in [0.2, 0.25) is 0 Å². The summed E-state index contributed by atoms with van der Waals surface area (Å²) in [6.45, 7) is 9.08. The smallest absolute Gasteiger partial charge is 0.0768 e. The van der Waals surface area contributed by atoms with Gasteiger partial charge >= 0.3 is 0 Å². The van der Waals surface area contributed by atoms with Crippen LogP contribution in [-0.4, -0.2) is 12.1 Å². The molecule has 0 aliphatic carbocycles. The summed E-state index contributed by atoms with van der Waals surface area (Å²) < 4.78 is 0. The fourth-order valence-electron chi connectivity index (χ4n) is 2.40. The second kappa shape index (κ2) is 9.90. The highest BCUT2D eigenvalue weighted by molar-refractivity contribution is 4.94. The lowest BCUT2D eigenvalue weighted by Crippen LogP contribution is -2.18. The molecule has 0 spiro atoms. The molecule has 0 aromatic rings. The van der Waals surface area contributed by atoms with Gasteiger partial charge in [0.1, 0.15) is 0 Å². The van der Waals surface area contributed by atoms with E-state index in [0.717, 1.165) is 25.7 Å². The molecule has 0 aromatic carbocycles. The van der Waals surface area contributed by atoms with Crippen LogP contribution in [0.15, 0.2) is 34.5 Å². The molecular formula is C18H32N2. The lowest BCUT2D eigenvalue weighted by atomic mass is 9.95. The molecule has 0 amide bonds. The predicted octanol–water partition coefficient (Wildman–Crippen LogP) is 5.95. The fraction of sp³-hybridized carbons (Fsp3) is 0.778. The Hall–Kier alpha value is -0.920. The van der Waals surface area contributed by atoms with E-state index in [0.29, 0.717) is 23.9 Å². The van der Waals surface area contributed by atoms with Crippen molar-refractivity contribution in [2.24, 2.45) is 22.1 Å². The van der Waals surface area contributed by atoms with E-state index in [9.17, 15) is 0 Å². The Labute approximate surface area is 125 Å². The summed E-state index contributed by atoms with van der Waals surface area (Å²) in [5.41, 5.74) is 0. The summed E-state index contributed by atoms with van der Waals surface area (Å²) in [6.07, 6.45) is 15.9. The molecule has 0 saturated heterocycles. The quantitative estimate of drug-likeness (QED) is 0.566. The van der Waals surface area contributed by atoms with Gasteiger partial charge in [0.25, 0.3) is 0 Å². The van der Waals surface area contributed by atoms with Crippen molar-refractivity contribution >= 4 is 0 Å². The second-order valence-electron chi connectivity index (χ2n) is 6.13. The van der Waals surface area contributed by atoms with Crippen LogP contribution in [-0.2, 0) is 0 Å². The molecule has 0 bridgehead atoms. The molecule has 2 nitrogen and oxygen atoms in total. The lowest BCUT2D eigenvalue weighted by Gasteiger charge is -2.20. The van der Waals surface area contributed by atoms with E-state index in [-0.39, 0.29) is 0 Å². The summed E-state index contributed by atoms with van der Waals surface area (Å²) in [5.74, 6) is 1.22. The summed E-state index contributed by atoms with van der Waals surface area (Å²) in [6, 6.07) is 0.706. The first-order valence-electron chi connectivity index (χ1n) is 8.38. The highest BCUT2D eigenvalue weighted by atomic mass is 15.1. The lowest BCUT2D eigenvalue weighted by molar-refractivity contribution is 0.386. The Bertz CT molecular complexity index is 298. The molecule has 0 aromatic heterocycles. The predicted molar refractivity (Wildman–Crippen MR) is 88.1 cm³/mol. The zero-order valence-corrected chi connectivity index (χ0v) is 13.8. The maximum Gasteiger partial charge on any atom is 0.0768 e. The first-order valence-corrected chi connectivity index (χ1v) is 8.38. The van der Waals surface area contributed by atoms with Crippen molar-refractivity contribution in [2.75, 3.05) is 0 Å².